The first kappa shape index (κ1) is 22.8. The number of rotatable bonds is 5. The molecule has 1 unspecified atom stereocenters. The van der Waals surface area contributed by atoms with Crippen LogP contribution in [0.2, 0.25) is 5.02 Å². The molecule has 1 aliphatic rings. The third-order valence-corrected chi connectivity index (χ3v) is 5.44. The Morgan fingerprint density at radius 2 is 1.87 bits per heavy atom. The van der Waals surface area contributed by atoms with E-state index in [-0.39, 0.29) is 5.91 Å². The number of carbonyl (C=O) groups excluding carboxylic acids is 1. The summed E-state index contributed by atoms with van der Waals surface area (Å²) in [6.07, 6.45) is 2.30. The van der Waals surface area contributed by atoms with E-state index in [4.69, 9.17) is 17.3 Å². The third-order valence-electron chi connectivity index (χ3n) is 5.03. The monoisotopic (exact) mass is 439 g/mol. The molecule has 0 aromatic heterocycles. The zero-order valence-electron chi connectivity index (χ0n) is 18.4. The van der Waals surface area contributed by atoms with Gasteiger partial charge in [0.25, 0.3) is 0 Å². The van der Waals surface area contributed by atoms with Gasteiger partial charge in [0, 0.05) is 40.0 Å². The average molecular weight is 440 g/mol. The van der Waals surface area contributed by atoms with Gasteiger partial charge in [-0.1, -0.05) is 56.6 Å². The number of carbonyl (C=O) groups is 1. The van der Waals surface area contributed by atoms with Crippen LogP contribution in [0.5, 0.6) is 0 Å². The van der Waals surface area contributed by atoms with Crippen LogP contribution in [0.15, 0.2) is 53.5 Å². The average Bonchev–Trinajstić information content (AvgIpc) is 2.70. The van der Waals surface area contributed by atoms with Gasteiger partial charge in [0.15, 0.2) is 6.29 Å². The van der Waals surface area contributed by atoms with E-state index in [1.165, 1.54) is 0 Å². The molecule has 2 aromatic carbocycles. The number of anilines is 1. The summed E-state index contributed by atoms with van der Waals surface area (Å²) in [5, 5.41) is 10.0. The van der Waals surface area contributed by atoms with E-state index in [0.29, 0.717) is 11.6 Å². The lowest BCUT2D eigenvalue weighted by molar-refractivity contribution is -0.123. The zero-order valence-corrected chi connectivity index (χ0v) is 19.2. The molecule has 0 bridgehead atoms. The maximum atomic E-state index is 12.1. The second-order valence-electron chi connectivity index (χ2n) is 8.65. The van der Waals surface area contributed by atoms with Gasteiger partial charge in [-0.15, -0.1) is 0 Å². The van der Waals surface area contributed by atoms with Crippen LogP contribution < -0.4 is 21.7 Å². The number of halogens is 1. The van der Waals surface area contributed by atoms with Crippen LogP contribution >= 0.6 is 11.6 Å². The summed E-state index contributed by atoms with van der Waals surface area (Å²) in [6.45, 7) is 8.28. The number of amidine groups is 1. The van der Waals surface area contributed by atoms with Crippen molar-refractivity contribution >= 4 is 34.7 Å². The van der Waals surface area contributed by atoms with Crippen molar-refractivity contribution in [3.63, 3.8) is 0 Å². The molecule has 164 valence electrons. The number of aliphatic imine (C=N–C) groups is 1. The molecule has 1 heterocycles. The number of nitrogens with one attached hydrogen (secondary N) is 3. The van der Waals surface area contributed by atoms with Crippen LogP contribution in [-0.4, -0.2) is 24.6 Å². The number of amides is 1. The van der Waals surface area contributed by atoms with E-state index in [2.05, 4.69) is 20.9 Å². The Hall–Kier alpha value is -2.83. The largest absolute Gasteiger partial charge is 0.353 e. The van der Waals surface area contributed by atoms with Crippen LogP contribution in [0, 0.1) is 12.3 Å². The topological polar surface area (TPSA) is 91.5 Å². The van der Waals surface area contributed by atoms with Gasteiger partial charge in [0.05, 0.1) is 0 Å². The number of nitrogens with two attached hydrogens (primary N) is 1. The van der Waals surface area contributed by atoms with Crippen molar-refractivity contribution in [2.75, 3.05) is 11.9 Å². The first-order chi connectivity index (χ1) is 14.6. The maximum Gasteiger partial charge on any atom is 0.229 e. The molecule has 3 rings (SSSR count). The zero-order chi connectivity index (χ0) is 22.6. The van der Waals surface area contributed by atoms with Crippen LogP contribution in [0.4, 0.5) is 5.69 Å². The molecule has 1 atom stereocenters. The second kappa shape index (κ2) is 9.54. The Balaban J connectivity index is 1.65. The van der Waals surface area contributed by atoms with Gasteiger partial charge in [0.1, 0.15) is 5.84 Å². The molecule has 1 amide bonds. The second-order valence-corrected chi connectivity index (χ2v) is 9.06. The lowest BCUT2D eigenvalue weighted by Gasteiger charge is -2.26. The fourth-order valence-corrected chi connectivity index (χ4v) is 3.28. The highest BCUT2D eigenvalue weighted by molar-refractivity contribution is 6.31. The molecule has 0 spiro atoms. The first-order valence-electron chi connectivity index (χ1n) is 10.3. The van der Waals surface area contributed by atoms with Gasteiger partial charge in [0.2, 0.25) is 5.91 Å². The van der Waals surface area contributed by atoms with E-state index in [1.807, 2.05) is 76.2 Å². The smallest absolute Gasteiger partial charge is 0.229 e. The van der Waals surface area contributed by atoms with Crippen LogP contribution in [0.3, 0.4) is 0 Å². The van der Waals surface area contributed by atoms with Gasteiger partial charge >= 0.3 is 0 Å². The summed E-state index contributed by atoms with van der Waals surface area (Å²) < 4.78 is 0. The van der Waals surface area contributed by atoms with Crippen molar-refractivity contribution in [1.82, 2.24) is 10.6 Å². The normalized spacial score (nSPS) is 17.5. The van der Waals surface area contributed by atoms with Gasteiger partial charge in [-0.05, 0) is 42.7 Å². The molecule has 0 fully saturated rings. The minimum Gasteiger partial charge on any atom is -0.353 e. The molecular weight excluding hydrogens is 410 g/mol. The quantitative estimate of drug-likeness (QED) is 0.565. The summed E-state index contributed by atoms with van der Waals surface area (Å²) in [6, 6.07) is 13.7. The number of hydrogen-bond acceptors (Lipinski definition) is 4. The van der Waals surface area contributed by atoms with Gasteiger partial charge in [-0.2, -0.15) is 0 Å². The van der Waals surface area contributed by atoms with Gasteiger partial charge in [-0.3, -0.25) is 15.5 Å². The third kappa shape index (κ3) is 6.09. The van der Waals surface area contributed by atoms with Crippen molar-refractivity contribution in [2.24, 2.45) is 16.1 Å². The molecule has 5 N–H and O–H groups in total. The minimum atomic E-state index is -0.428. The van der Waals surface area contributed by atoms with E-state index in [1.54, 1.807) is 0 Å². The van der Waals surface area contributed by atoms with Crippen molar-refractivity contribution in [1.29, 1.82) is 0 Å². The standard InChI is InChI=1S/C24H30ClN5O/c1-15-18(6-5-7-19(15)25)20-14-21(30-23(26)29-20)27-13-12-16-8-10-17(11-9-16)28-22(31)24(2,3)4/h5-11,14,23,29H,12-13,26H2,1-4H3,(H,27,30)(H,28,31). The Bertz CT molecular complexity index is 1010. The summed E-state index contributed by atoms with van der Waals surface area (Å²) in [5.41, 5.74) is 10.5. The van der Waals surface area contributed by atoms with Crippen molar-refractivity contribution in [3.05, 3.63) is 70.3 Å². The van der Waals surface area contributed by atoms with E-state index in [9.17, 15) is 4.79 Å². The lowest BCUT2D eigenvalue weighted by Crippen LogP contribution is -2.53. The molecule has 1 aliphatic heterocycles. The van der Waals surface area contributed by atoms with Crippen LogP contribution in [-0.2, 0) is 11.2 Å². The summed E-state index contributed by atoms with van der Waals surface area (Å²) in [4.78, 5) is 16.8. The molecule has 7 heteroatoms. The highest BCUT2D eigenvalue weighted by atomic mass is 35.5. The van der Waals surface area contributed by atoms with Crippen molar-refractivity contribution in [3.8, 4) is 0 Å². The lowest BCUT2D eigenvalue weighted by atomic mass is 9.95. The predicted molar refractivity (Wildman–Crippen MR) is 129 cm³/mol. The molecule has 0 radical (unpaired) electrons. The molecule has 0 saturated carbocycles. The van der Waals surface area contributed by atoms with Crippen molar-refractivity contribution < 1.29 is 4.79 Å². The highest BCUT2D eigenvalue weighted by Crippen LogP contribution is 2.24. The molecule has 2 aromatic rings. The molecule has 0 aliphatic carbocycles. The Labute approximate surface area is 189 Å². The number of benzene rings is 2. The molecule has 6 nitrogen and oxygen atoms in total. The van der Waals surface area contributed by atoms with Gasteiger partial charge in [-0.25, -0.2) is 0 Å². The van der Waals surface area contributed by atoms with Crippen LogP contribution in [0.1, 0.15) is 37.5 Å². The Morgan fingerprint density at radius 3 is 2.55 bits per heavy atom. The highest BCUT2D eigenvalue weighted by Gasteiger charge is 2.21. The fourth-order valence-electron chi connectivity index (χ4n) is 3.11. The van der Waals surface area contributed by atoms with Crippen LogP contribution in [0.25, 0.3) is 5.70 Å². The van der Waals surface area contributed by atoms with E-state index < -0.39 is 11.7 Å². The first-order valence-corrected chi connectivity index (χ1v) is 10.7. The number of nitrogens with zero attached hydrogens (tertiary/aromatic N) is 1. The van der Waals surface area contributed by atoms with Gasteiger partial charge < -0.3 is 16.0 Å². The molecular formula is C24H30ClN5O. The fraction of sp³-hybridized carbons (Fsp3) is 0.333. The van der Waals surface area contributed by atoms with E-state index in [0.717, 1.165) is 40.3 Å². The summed E-state index contributed by atoms with van der Waals surface area (Å²) in [5.74, 6) is 0.729. The number of hydrogen-bond donors (Lipinski definition) is 4. The van der Waals surface area contributed by atoms with E-state index >= 15 is 0 Å². The predicted octanol–water partition coefficient (Wildman–Crippen LogP) is 4.05. The summed E-state index contributed by atoms with van der Waals surface area (Å²) >= 11 is 6.26. The SMILES string of the molecule is Cc1c(Cl)cccc1C1=CC(=NCCc2ccc(NC(=O)C(C)(C)C)cc2)NC(N)N1. The molecule has 0 saturated heterocycles. The summed E-state index contributed by atoms with van der Waals surface area (Å²) in [7, 11) is 0. The Kier molecular flexibility index (Phi) is 7.03. The molecule has 31 heavy (non-hydrogen) atoms. The van der Waals surface area contributed by atoms with Crippen molar-refractivity contribution in [2.45, 2.75) is 40.4 Å². The minimum absolute atomic E-state index is 0.00231. The maximum absolute atomic E-state index is 12.1. The Morgan fingerprint density at radius 1 is 1.16 bits per heavy atom.